The number of benzene rings is 1. The monoisotopic (exact) mass is 275 g/mol. The van der Waals surface area contributed by atoms with Gasteiger partial charge in [-0.15, -0.1) is 0 Å². The van der Waals surface area contributed by atoms with E-state index in [1.165, 1.54) is 48.8 Å². The molecule has 2 nitrogen and oxygen atoms in total. The van der Waals surface area contributed by atoms with Crippen LogP contribution in [0.5, 0.6) is 5.75 Å². The molecule has 2 heteroatoms. The van der Waals surface area contributed by atoms with E-state index in [0.29, 0.717) is 5.92 Å². The summed E-state index contributed by atoms with van der Waals surface area (Å²) in [6, 6.07) is 4.54. The zero-order chi connectivity index (χ0) is 14.7. The first kappa shape index (κ1) is 15.4. The average Bonchev–Trinajstić information content (AvgIpc) is 2.48. The van der Waals surface area contributed by atoms with Crippen LogP contribution >= 0.6 is 0 Å². The highest BCUT2D eigenvalue weighted by Gasteiger charge is 2.27. The van der Waals surface area contributed by atoms with E-state index in [-0.39, 0.29) is 6.04 Å². The molecular formula is C18H29NO. The molecular weight excluding hydrogens is 246 g/mol. The van der Waals surface area contributed by atoms with Crippen LogP contribution < -0.4 is 10.5 Å². The van der Waals surface area contributed by atoms with Crippen LogP contribution in [0.25, 0.3) is 0 Å². The Hall–Kier alpha value is -1.02. The van der Waals surface area contributed by atoms with Gasteiger partial charge in [-0.25, -0.2) is 0 Å². The molecule has 1 aromatic carbocycles. The minimum atomic E-state index is 0.175. The molecule has 0 amide bonds. The van der Waals surface area contributed by atoms with E-state index in [1.807, 2.05) is 0 Å². The summed E-state index contributed by atoms with van der Waals surface area (Å²) in [7, 11) is 1.73. The lowest BCUT2D eigenvalue weighted by Gasteiger charge is -2.33. The normalized spacial score (nSPS) is 24.4. The van der Waals surface area contributed by atoms with E-state index in [4.69, 9.17) is 10.5 Å². The molecule has 2 rings (SSSR count). The SMILES string of the molecule is CCC1CCCC(C(N)c2cc(C)c(OC)cc2C)C1. The first-order valence-corrected chi connectivity index (χ1v) is 7.97. The maximum atomic E-state index is 6.61. The molecule has 0 aromatic heterocycles. The van der Waals surface area contributed by atoms with Crippen molar-refractivity contribution in [1.82, 2.24) is 0 Å². The molecule has 0 heterocycles. The zero-order valence-electron chi connectivity index (χ0n) is 13.4. The molecule has 2 N–H and O–H groups in total. The third-order valence-electron chi connectivity index (χ3n) is 5.05. The number of aryl methyl sites for hydroxylation is 2. The van der Waals surface area contributed by atoms with Crippen molar-refractivity contribution in [2.75, 3.05) is 7.11 Å². The Labute approximate surface area is 123 Å². The molecule has 0 saturated heterocycles. The molecule has 20 heavy (non-hydrogen) atoms. The van der Waals surface area contributed by atoms with Crippen molar-refractivity contribution < 1.29 is 4.74 Å². The van der Waals surface area contributed by atoms with Crippen LogP contribution in [0.3, 0.4) is 0 Å². The number of methoxy groups -OCH3 is 1. The first-order chi connectivity index (χ1) is 9.56. The predicted molar refractivity (Wildman–Crippen MR) is 85.1 cm³/mol. The van der Waals surface area contributed by atoms with Gasteiger partial charge in [0.05, 0.1) is 7.11 Å². The number of hydrogen-bond acceptors (Lipinski definition) is 2. The lowest BCUT2D eigenvalue weighted by atomic mass is 9.75. The van der Waals surface area contributed by atoms with Crippen LogP contribution in [0.15, 0.2) is 12.1 Å². The fourth-order valence-electron chi connectivity index (χ4n) is 3.67. The number of rotatable bonds is 4. The van der Waals surface area contributed by atoms with Gasteiger partial charge in [0.15, 0.2) is 0 Å². The quantitative estimate of drug-likeness (QED) is 0.876. The largest absolute Gasteiger partial charge is 0.496 e. The summed E-state index contributed by atoms with van der Waals surface area (Å²) in [6.07, 6.45) is 6.60. The molecule has 1 saturated carbocycles. The van der Waals surface area contributed by atoms with Crippen LogP contribution in [0.4, 0.5) is 0 Å². The van der Waals surface area contributed by atoms with Gasteiger partial charge in [0.25, 0.3) is 0 Å². The van der Waals surface area contributed by atoms with Gasteiger partial charge in [0.1, 0.15) is 5.75 Å². The van der Waals surface area contributed by atoms with E-state index in [0.717, 1.165) is 11.7 Å². The Kier molecular flexibility index (Phi) is 5.09. The van der Waals surface area contributed by atoms with Gasteiger partial charge in [-0.05, 0) is 61.3 Å². The summed E-state index contributed by atoms with van der Waals surface area (Å²) in [5, 5.41) is 0. The van der Waals surface area contributed by atoms with E-state index in [2.05, 4.69) is 32.9 Å². The third-order valence-corrected chi connectivity index (χ3v) is 5.05. The highest BCUT2D eigenvalue weighted by molar-refractivity contribution is 5.43. The van der Waals surface area contributed by atoms with E-state index >= 15 is 0 Å². The van der Waals surface area contributed by atoms with Crippen molar-refractivity contribution in [3.8, 4) is 5.75 Å². The fraction of sp³-hybridized carbons (Fsp3) is 0.667. The summed E-state index contributed by atoms with van der Waals surface area (Å²) in [5.41, 5.74) is 10.4. The van der Waals surface area contributed by atoms with Crippen LogP contribution in [0, 0.1) is 25.7 Å². The van der Waals surface area contributed by atoms with Crippen LogP contribution in [-0.4, -0.2) is 7.11 Å². The van der Waals surface area contributed by atoms with Gasteiger partial charge in [-0.1, -0.05) is 32.3 Å². The molecule has 1 aliphatic rings. The molecule has 3 atom stereocenters. The topological polar surface area (TPSA) is 35.2 Å². The van der Waals surface area contributed by atoms with E-state index in [1.54, 1.807) is 7.11 Å². The summed E-state index contributed by atoms with van der Waals surface area (Å²) < 4.78 is 5.40. The molecule has 1 aliphatic carbocycles. The van der Waals surface area contributed by atoms with Crippen LogP contribution in [0.1, 0.15) is 61.8 Å². The molecule has 0 radical (unpaired) electrons. The lowest BCUT2D eigenvalue weighted by Crippen LogP contribution is -2.27. The molecule has 0 spiro atoms. The average molecular weight is 275 g/mol. The van der Waals surface area contributed by atoms with Crippen molar-refractivity contribution in [3.05, 3.63) is 28.8 Å². The fourth-order valence-corrected chi connectivity index (χ4v) is 3.67. The van der Waals surface area contributed by atoms with Crippen molar-refractivity contribution in [2.24, 2.45) is 17.6 Å². The van der Waals surface area contributed by atoms with Gasteiger partial charge >= 0.3 is 0 Å². The maximum absolute atomic E-state index is 6.61. The maximum Gasteiger partial charge on any atom is 0.122 e. The highest BCUT2D eigenvalue weighted by Crippen LogP contribution is 2.39. The Morgan fingerprint density at radius 2 is 2.00 bits per heavy atom. The molecule has 0 bridgehead atoms. The lowest BCUT2D eigenvalue weighted by molar-refractivity contribution is 0.230. The molecule has 3 unspecified atom stereocenters. The Balaban J connectivity index is 2.20. The molecule has 1 aromatic rings. The first-order valence-electron chi connectivity index (χ1n) is 7.97. The van der Waals surface area contributed by atoms with Crippen molar-refractivity contribution >= 4 is 0 Å². The minimum absolute atomic E-state index is 0.175. The Bertz CT molecular complexity index is 455. The van der Waals surface area contributed by atoms with E-state index in [9.17, 15) is 0 Å². The zero-order valence-corrected chi connectivity index (χ0v) is 13.4. The van der Waals surface area contributed by atoms with Gasteiger partial charge in [0.2, 0.25) is 0 Å². The van der Waals surface area contributed by atoms with E-state index < -0.39 is 0 Å². The number of ether oxygens (including phenoxy) is 1. The number of nitrogens with two attached hydrogens (primary N) is 1. The summed E-state index contributed by atoms with van der Waals surface area (Å²) in [4.78, 5) is 0. The summed E-state index contributed by atoms with van der Waals surface area (Å²) in [5.74, 6) is 2.48. The molecule has 1 fully saturated rings. The van der Waals surface area contributed by atoms with Crippen molar-refractivity contribution in [1.29, 1.82) is 0 Å². The Morgan fingerprint density at radius 1 is 1.25 bits per heavy atom. The van der Waals surface area contributed by atoms with Crippen molar-refractivity contribution in [2.45, 2.75) is 58.9 Å². The molecule has 0 aliphatic heterocycles. The second kappa shape index (κ2) is 6.62. The Morgan fingerprint density at radius 3 is 2.65 bits per heavy atom. The van der Waals surface area contributed by atoms with Gasteiger partial charge < -0.3 is 10.5 Å². The molecule has 112 valence electrons. The smallest absolute Gasteiger partial charge is 0.122 e. The second-order valence-corrected chi connectivity index (χ2v) is 6.41. The number of hydrogen-bond donors (Lipinski definition) is 1. The van der Waals surface area contributed by atoms with Gasteiger partial charge in [0, 0.05) is 6.04 Å². The minimum Gasteiger partial charge on any atom is -0.496 e. The second-order valence-electron chi connectivity index (χ2n) is 6.41. The summed E-state index contributed by atoms with van der Waals surface area (Å²) in [6.45, 7) is 6.56. The van der Waals surface area contributed by atoms with Crippen LogP contribution in [0.2, 0.25) is 0 Å². The predicted octanol–water partition coefficient (Wildman–Crippen LogP) is 4.53. The van der Waals surface area contributed by atoms with Gasteiger partial charge in [-0.3, -0.25) is 0 Å². The standard InChI is InChI=1S/C18H29NO/c1-5-14-7-6-8-15(11-14)18(19)16-9-13(3)17(20-4)10-12(16)2/h9-10,14-15,18H,5-8,11,19H2,1-4H3. The van der Waals surface area contributed by atoms with Crippen LogP contribution in [-0.2, 0) is 0 Å². The highest BCUT2D eigenvalue weighted by atomic mass is 16.5. The van der Waals surface area contributed by atoms with Gasteiger partial charge in [-0.2, -0.15) is 0 Å². The summed E-state index contributed by atoms with van der Waals surface area (Å²) >= 11 is 0. The third kappa shape index (κ3) is 3.17. The van der Waals surface area contributed by atoms with Crippen molar-refractivity contribution in [3.63, 3.8) is 0 Å².